The van der Waals surface area contributed by atoms with Crippen LogP contribution in [0.25, 0.3) is 0 Å². The minimum Gasteiger partial charge on any atom is -0.482 e. The minimum absolute atomic E-state index is 0.303. The van der Waals surface area contributed by atoms with Gasteiger partial charge in [-0.05, 0) is 18.5 Å². The molecule has 0 aliphatic heterocycles. The molecule has 4 nitrogen and oxygen atoms in total. The number of nitrogens with one attached hydrogen (secondary N) is 1. The Morgan fingerprint density at radius 2 is 2.17 bits per heavy atom. The first-order chi connectivity index (χ1) is 8.63. The lowest BCUT2D eigenvalue weighted by atomic mass is 10.1. The van der Waals surface area contributed by atoms with Crippen LogP contribution in [0.5, 0.6) is 5.75 Å². The van der Waals surface area contributed by atoms with Crippen molar-refractivity contribution in [1.82, 2.24) is 5.32 Å². The lowest BCUT2D eigenvalue weighted by Crippen LogP contribution is -2.21. The maximum Gasteiger partial charge on any atom is 0.341 e. The van der Waals surface area contributed by atoms with Crippen molar-refractivity contribution in [2.24, 2.45) is 5.92 Å². The molecule has 1 aromatic carbocycles. The fourth-order valence-electron chi connectivity index (χ4n) is 1.53. The lowest BCUT2D eigenvalue weighted by molar-refractivity contribution is -0.139. The summed E-state index contributed by atoms with van der Waals surface area (Å²) in [7, 11) is 0. The Morgan fingerprint density at radius 3 is 2.83 bits per heavy atom. The van der Waals surface area contributed by atoms with Crippen molar-refractivity contribution in [3.8, 4) is 5.75 Å². The number of ether oxygens (including phenoxy) is 1. The lowest BCUT2D eigenvalue weighted by Gasteiger charge is -2.13. The van der Waals surface area contributed by atoms with E-state index in [4.69, 9.17) is 9.84 Å². The molecule has 0 aromatic heterocycles. The summed E-state index contributed by atoms with van der Waals surface area (Å²) in [6.45, 7) is 5.70. The third kappa shape index (κ3) is 5.19. The molecule has 0 bridgehead atoms. The summed E-state index contributed by atoms with van der Waals surface area (Å²) in [5.41, 5.74) is 0.988. The van der Waals surface area contributed by atoms with Crippen molar-refractivity contribution < 1.29 is 14.6 Å². The van der Waals surface area contributed by atoms with Gasteiger partial charge in [0.25, 0.3) is 0 Å². The number of carbonyl (C=O) groups is 1. The van der Waals surface area contributed by atoms with Gasteiger partial charge in [-0.1, -0.05) is 38.5 Å². The van der Waals surface area contributed by atoms with Crippen LogP contribution in [-0.2, 0) is 11.3 Å². The van der Waals surface area contributed by atoms with Crippen molar-refractivity contribution in [1.29, 1.82) is 0 Å². The average Bonchev–Trinajstić information content (AvgIpc) is 2.37. The van der Waals surface area contributed by atoms with Gasteiger partial charge in [-0.2, -0.15) is 0 Å². The highest BCUT2D eigenvalue weighted by Crippen LogP contribution is 2.17. The molecule has 0 aliphatic carbocycles. The SMILES string of the molecule is CC[C@H](C)CNCc1ccccc1OCC(=O)O. The van der Waals surface area contributed by atoms with Gasteiger partial charge in [0.1, 0.15) is 5.75 Å². The first-order valence-electron chi connectivity index (χ1n) is 6.26. The molecule has 2 N–H and O–H groups in total. The molecule has 18 heavy (non-hydrogen) atoms. The number of hydrogen-bond donors (Lipinski definition) is 2. The van der Waals surface area contributed by atoms with E-state index in [1.165, 1.54) is 0 Å². The van der Waals surface area contributed by atoms with Crippen molar-refractivity contribution in [3.63, 3.8) is 0 Å². The van der Waals surface area contributed by atoms with Crippen LogP contribution >= 0.6 is 0 Å². The number of benzene rings is 1. The molecule has 4 heteroatoms. The molecule has 100 valence electrons. The van der Waals surface area contributed by atoms with E-state index >= 15 is 0 Å². The second-order valence-corrected chi connectivity index (χ2v) is 4.43. The Hall–Kier alpha value is -1.55. The van der Waals surface area contributed by atoms with Gasteiger partial charge in [0.15, 0.2) is 6.61 Å². The molecular formula is C14H21NO3. The molecular weight excluding hydrogens is 230 g/mol. The highest BCUT2D eigenvalue weighted by Gasteiger charge is 2.05. The molecule has 1 rings (SSSR count). The maximum atomic E-state index is 10.5. The summed E-state index contributed by atoms with van der Waals surface area (Å²) < 4.78 is 5.24. The third-order valence-electron chi connectivity index (χ3n) is 2.83. The standard InChI is InChI=1S/C14H21NO3/c1-3-11(2)8-15-9-12-6-4-5-7-13(12)18-10-14(16)17/h4-7,11,15H,3,8-10H2,1-2H3,(H,16,17)/t11-/m0/s1. The number of carboxylic acid groups (broad SMARTS) is 1. The van der Waals surface area contributed by atoms with Gasteiger partial charge in [-0.15, -0.1) is 0 Å². The van der Waals surface area contributed by atoms with Gasteiger partial charge in [0.05, 0.1) is 0 Å². The number of rotatable bonds is 8. The van der Waals surface area contributed by atoms with Crippen LogP contribution in [0.15, 0.2) is 24.3 Å². The highest BCUT2D eigenvalue weighted by atomic mass is 16.5. The molecule has 0 amide bonds. The van der Waals surface area contributed by atoms with Crippen LogP contribution in [0, 0.1) is 5.92 Å². The van der Waals surface area contributed by atoms with Crippen LogP contribution in [0.2, 0.25) is 0 Å². The van der Waals surface area contributed by atoms with E-state index in [1.807, 2.05) is 18.2 Å². The van der Waals surface area contributed by atoms with Crippen LogP contribution in [-0.4, -0.2) is 24.2 Å². The van der Waals surface area contributed by atoms with Gasteiger partial charge < -0.3 is 15.2 Å². The smallest absolute Gasteiger partial charge is 0.341 e. The maximum absolute atomic E-state index is 10.5. The first kappa shape index (κ1) is 14.5. The van der Waals surface area contributed by atoms with Crippen LogP contribution < -0.4 is 10.1 Å². The van der Waals surface area contributed by atoms with E-state index in [-0.39, 0.29) is 6.61 Å². The zero-order valence-corrected chi connectivity index (χ0v) is 11.0. The third-order valence-corrected chi connectivity index (χ3v) is 2.83. The van der Waals surface area contributed by atoms with E-state index in [1.54, 1.807) is 6.07 Å². The largest absolute Gasteiger partial charge is 0.482 e. The van der Waals surface area contributed by atoms with E-state index in [9.17, 15) is 4.79 Å². The van der Waals surface area contributed by atoms with Gasteiger partial charge >= 0.3 is 5.97 Å². The highest BCUT2D eigenvalue weighted by molar-refractivity contribution is 5.68. The Balaban J connectivity index is 2.50. The topological polar surface area (TPSA) is 58.6 Å². The Kier molecular flexibility index (Phi) is 6.22. The Labute approximate surface area is 108 Å². The fraction of sp³-hybridized carbons (Fsp3) is 0.500. The summed E-state index contributed by atoms with van der Waals surface area (Å²) in [5, 5.41) is 12.0. The molecule has 0 spiro atoms. The monoisotopic (exact) mass is 251 g/mol. The van der Waals surface area contributed by atoms with Crippen molar-refractivity contribution in [3.05, 3.63) is 29.8 Å². The summed E-state index contributed by atoms with van der Waals surface area (Å²) in [6, 6.07) is 7.51. The van der Waals surface area contributed by atoms with E-state index in [0.717, 1.165) is 18.5 Å². The predicted octanol–water partition coefficient (Wildman–Crippen LogP) is 2.29. The molecule has 0 heterocycles. The molecule has 0 saturated heterocycles. The summed E-state index contributed by atoms with van der Waals surface area (Å²) in [4.78, 5) is 10.5. The second kappa shape index (κ2) is 7.71. The zero-order chi connectivity index (χ0) is 13.4. The van der Waals surface area contributed by atoms with Gasteiger partial charge in [-0.25, -0.2) is 4.79 Å². The predicted molar refractivity (Wildman–Crippen MR) is 70.7 cm³/mol. The van der Waals surface area contributed by atoms with Crippen molar-refractivity contribution in [2.45, 2.75) is 26.8 Å². The molecule has 0 saturated carbocycles. The molecule has 0 fully saturated rings. The normalized spacial score (nSPS) is 12.1. The number of carboxylic acids is 1. The zero-order valence-electron chi connectivity index (χ0n) is 11.0. The molecule has 1 aromatic rings. The minimum atomic E-state index is -0.961. The van der Waals surface area contributed by atoms with Crippen LogP contribution in [0.4, 0.5) is 0 Å². The second-order valence-electron chi connectivity index (χ2n) is 4.43. The van der Waals surface area contributed by atoms with Crippen LogP contribution in [0.1, 0.15) is 25.8 Å². The summed E-state index contributed by atoms with van der Waals surface area (Å²) >= 11 is 0. The summed E-state index contributed by atoms with van der Waals surface area (Å²) in [5.74, 6) is 0.311. The first-order valence-corrected chi connectivity index (χ1v) is 6.26. The average molecular weight is 251 g/mol. The van der Waals surface area contributed by atoms with Crippen molar-refractivity contribution in [2.75, 3.05) is 13.2 Å². The Morgan fingerprint density at radius 1 is 1.44 bits per heavy atom. The Bertz CT molecular complexity index is 379. The quantitative estimate of drug-likeness (QED) is 0.744. The van der Waals surface area contributed by atoms with Crippen LogP contribution in [0.3, 0.4) is 0 Å². The summed E-state index contributed by atoms with van der Waals surface area (Å²) in [6.07, 6.45) is 1.14. The van der Waals surface area contributed by atoms with Gasteiger partial charge in [-0.3, -0.25) is 0 Å². The van der Waals surface area contributed by atoms with E-state index in [2.05, 4.69) is 19.2 Å². The number of hydrogen-bond acceptors (Lipinski definition) is 3. The van der Waals surface area contributed by atoms with Gasteiger partial charge in [0.2, 0.25) is 0 Å². The fourth-order valence-corrected chi connectivity index (χ4v) is 1.53. The van der Waals surface area contributed by atoms with E-state index in [0.29, 0.717) is 18.2 Å². The number of aliphatic carboxylic acids is 1. The molecule has 0 radical (unpaired) electrons. The molecule has 0 aliphatic rings. The van der Waals surface area contributed by atoms with E-state index < -0.39 is 5.97 Å². The molecule has 0 unspecified atom stereocenters. The van der Waals surface area contributed by atoms with Crippen molar-refractivity contribution >= 4 is 5.97 Å². The van der Waals surface area contributed by atoms with Gasteiger partial charge in [0, 0.05) is 12.1 Å². The number of para-hydroxylation sites is 1. The molecule has 1 atom stereocenters.